The third kappa shape index (κ3) is 4.61. The number of benzene rings is 2. The monoisotopic (exact) mass is 549 g/mol. The van der Waals surface area contributed by atoms with Crippen molar-refractivity contribution in [2.24, 2.45) is 0 Å². The molecule has 1 amide bonds. The van der Waals surface area contributed by atoms with E-state index in [1.54, 1.807) is 33.6 Å². The highest BCUT2D eigenvalue weighted by atomic mass is 32.2. The normalized spacial score (nSPS) is 20.0. The summed E-state index contributed by atoms with van der Waals surface area (Å²) in [5.74, 6) is 0.0659. The molecule has 3 aliphatic rings. The molecule has 0 N–H and O–H groups in total. The van der Waals surface area contributed by atoms with Gasteiger partial charge in [-0.15, -0.1) is 11.8 Å². The van der Waals surface area contributed by atoms with Gasteiger partial charge in [0.2, 0.25) is 5.43 Å². The number of thioether (sulfide) groups is 1. The number of halogens is 1. The maximum atomic E-state index is 15.3. The fourth-order valence-corrected chi connectivity index (χ4v) is 6.91. The number of nitrogens with zero attached hydrogens (tertiary/aromatic N) is 3. The van der Waals surface area contributed by atoms with Crippen LogP contribution in [0.15, 0.2) is 64.4 Å². The maximum Gasteiger partial charge on any atom is 0.278 e. The number of fused-ring (bicyclic) bond motifs is 4. The Morgan fingerprint density at radius 2 is 1.90 bits per heavy atom. The van der Waals surface area contributed by atoms with E-state index in [0.29, 0.717) is 37.7 Å². The van der Waals surface area contributed by atoms with Crippen molar-refractivity contribution in [2.45, 2.75) is 55.5 Å². The lowest BCUT2D eigenvalue weighted by Gasteiger charge is -2.51. The van der Waals surface area contributed by atoms with Crippen LogP contribution in [-0.4, -0.2) is 48.0 Å². The Labute approximate surface area is 231 Å². The van der Waals surface area contributed by atoms with Gasteiger partial charge in [-0.3, -0.25) is 19.3 Å². The molecule has 4 heterocycles. The number of hydrogen-bond acceptors (Lipinski definition) is 6. The first-order valence-electron chi connectivity index (χ1n) is 13.6. The molecule has 39 heavy (non-hydrogen) atoms. The van der Waals surface area contributed by atoms with Crippen molar-refractivity contribution in [3.63, 3.8) is 0 Å². The molecule has 1 saturated heterocycles. The van der Waals surface area contributed by atoms with Crippen molar-refractivity contribution in [3.8, 4) is 5.75 Å². The van der Waals surface area contributed by atoms with E-state index >= 15 is 4.39 Å². The maximum absolute atomic E-state index is 15.3. The average Bonchev–Trinajstić information content (AvgIpc) is 3.12. The van der Waals surface area contributed by atoms with E-state index in [9.17, 15) is 9.59 Å². The van der Waals surface area contributed by atoms with Gasteiger partial charge in [-0.25, -0.2) is 4.39 Å². The smallest absolute Gasteiger partial charge is 0.278 e. The van der Waals surface area contributed by atoms with Gasteiger partial charge in [0.1, 0.15) is 12.0 Å². The van der Waals surface area contributed by atoms with Crippen molar-refractivity contribution in [1.29, 1.82) is 0 Å². The number of hydrogen-bond donors (Lipinski definition) is 0. The van der Waals surface area contributed by atoms with Gasteiger partial charge in [-0.1, -0.05) is 56.5 Å². The molecule has 0 unspecified atom stereocenters. The molecule has 3 aliphatic heterocycles. The Morgan fingerprint density at radius 1 is 1.05 bits per heavy atom. The Hall–Kier alpha value is -3.30. The summed E-state index contributed by atoms with van der Waals surface area (Å²) in [5, 5.41) is 2.07. The van der Waals surface area contributed by atoms with E-state index in [-0.39, 0.29) is 28.6 Å². The van der Waals surface area contributed by atoms with Crippen molar-refractivity contribution >= 4 is 17.7 Å². The van der Waals surface area contributed by atoms with Crippen LogP contribution in [0, 0.1) is 5.82 Å². The SMILES string of the molecule is CCCCCCOc1c2n(ccc1=O)N([C@@H]1c3ccccc3SCc3c(F)cccc31)[C@@H]1COCCN1C2=O. The van der Waals surface area contributed by atoms with Gasteiger partial charge in [-0.2, -0.15) is 0 Å². The van der Waals surface area contributed by atoms with Gasteiger partial charge in [0.05, 0.1) is 25.9 Å². The Bertz CT molecular complexity index is 1440. The van der Waals surface area contributed by atoms with Gasteiger partial charge in [0, 0.05) is 35.0 Å². The van der Waals surface area contributed by atoms with Crippen LogP contribution in [0.3, 0.4) is 0 Å². The molecule has 0 spiro atoms. The van der Waals surface area contributed by atoms with E-state index in [1.807, 2.05) is 18.2 Å². The standard InChI is InChI=1S/C30H32FN3O4S/c1-2-3-4-7-16-38-29-24(35)13-14-33-28(29)30(36)32-15-17-37-18-26(32)34(33)27-20-10-8-11-23(31)22(20)19-39-25-12-6-5-9-21(25)27/h5-6,8-14,26-27H,2-4,7,15-19H2,1H3/t26-,27+/m1/s1. The number of rotatable bonds is 7. The second-order valence-electron chi connectivity index (χ2n) is 10.1. The van der Waals surface area contributed by atoms with Crippen LogP contribution in [0.2, 0.25) is 0 Å². The number of carbonyl (C=O) groups excluding carboxylic acids is 1. The first-order valence-corrected chi connectivity index (χ1v) is 14.6. The van der Waals surface area contributed by atoms with Gasteiger partial charge in [0.15, 0.2) is 11.4 Å². The van der Waals surface area contributed by atoms with E-state index in [0.717, 1.165) is 41.7 Å². The van der Waals surface area contributed by atoms with Gasteiger partial charge < -0.3 is 14.4 Å². The molecule has 0 radical (unpaired) electrons. The van der Waals surface area contributed by atoms with Crippen LogP contribution in [0.25, 0.3) is 0 Å². The van der Waals surface area contributed by atoms with Crippen LogP contribution in [0.4, 0.5) is 4.39 Å². The minimum Gasteiger partial charge on any atom is -0.487 e. The van der Waals surface area contributed by atoms with E-state index in [2.05, 4.69) is 24.1 Å². The average molecular weight is 550 g/mol. The first kappa shape index (κ1) is 26.0. The Balaban J connectivity index is 1.54. The number of ether oxygens (including phenoxy) is 2. The van der Waals surface area contributed by atoms with Gasteiger partial charge in [0.25, 0.3) is 5.91 Å². The molecule has 204 valence electrons. The second kappa shape index (κ2) is 11.1. The van der Waals surface area contributed by atoms with Crippen LogP contribution in [0.5, 0.6) is 5.75 Å². The highest BCUT2D eigenvalue weighted by molar-refractivity contribution is 7.98. The number of unbranched alkanes of at least 4 members (excludes halogenated alkanes) is 3. The minimum atomic E-state index is -0.448. The third-order valence-corrected chi connectivity index (χ3v) is 8.82. The summed E-state index contributed by atoms with van der Waals surface area (Å²) < 4.78 is 29.0. The fourth-order valence-electron chi connectivity index (χ4n) is 5.79. The molecule has 7 nitrogen and oxygen atoms in total. The van der Waals surface area contributed by atoms with Crippen LogP contribution in [-0.2, 0) is 10.5 Å². The lowest BCUT2D eigenvalue weighted by molar-refractivity contribution is -0.0198. The molecular formula is C30H32FN3O4S. The van der Waals surface area contributed by atoms with Crippen molar-refractivity contribution < 1.29 is 18.7 Å². The molecule has 2 aromatic carbocycles. The Morgan fingerprint density at radius 3 is 2.77 bits per heavy atom. The molecule has 9 heteroatoms. The zero-order valence-electron chi connectivity index (χ0n) is 22.0. The largest absolute Gasteiger partial charge is 0.487 e. The fraction of sp³-hybridized carbons (Fsp3) is 0.400. The lowest BCUT2D eigenvalue weighted by Crippen LogP contribution is -2.66. The highest BCUT2D eigenvalue weighted by Gasteiger charge is 2.46. The molecule has 6 rings (SSSR count). The summed E-state index contributed by atoms with van der Waals surface area (Å²) >= 11 is 1.61. The first-order chi connectivity index (χ1) is 19.1. The summed E-state index contributed by atoms with van der Waals surface area (Å²) in [4.78, 5) is 29.8. The third-order valence-electron chi connectivity index (χ3n) is 7.70. The molecule has 0 bridgehead atoms. The summed E-state index contributed by atoms with van der Waals surface area (Å²) in [6.07, 6.45) is 5.18. The predicted octanol–water partition coefficient (Wildman–Crippen LogP) is 5.09. The van der Waals surface area contributed by atoms with Crippen LogP contribution in [0.1, 0.15) is 65.8 Å². The van der Waals surface area contributed by atoms with Gasteiger partial charge in [-0.05, 0) is 29.7 Å². The topological polar surface area (TPSA) is 64.0 Å². The zero-order chi connectivity index (χ0) is 26.9. The van der Waals surface area contributed by atoms with E-state index < -0.39 is 12.2 Å². The second-order valence-corrected chi connectivity index (χ2v) is 11.1. The quantitative estimate of drug-likeness (QED) is 0.383. The van der Waals surface area contributed by atoms with Gasteiger partial charge >= 0.3 is 0 Å². The molecular weight excluding hydrogens is 517 g/mol. The molecule has 3 aromatic rings. The number of carbonyl (C=O) groups is 1. The van der Waals surface area contributed by atoms with Crippen LogP contribution >= 0.6 is 11.8 Å². The number of amides is 1. The van der Waals surface area contributed by atoms with E-state index in [4.69, 9.17) is 9.47 Å². The van der Waals surface area contributed by atoms with Crippen molar-refractivity contribution in [3.05, 3.63) is 93.2 Å². The molecule has 1 aromatic heterocycles. The highest BCUT2D eigenvalue weighted by Crippen LogP contribution is 2.44. The number of aromatic nitrogens is 1. The van der Waals surface area contributed by atoms with E-state index in [1.165, 1.54) is 12.1 Å². The van der Waals surface area contributed by atoms with Crippen molar-refractivity contribution in [2.75, 3.05) is 31.4 Å². The molecule has 2 atom stereocenters. The molecule has 0 saturated carbocycles. The summed E-state index contributed by atoms with van der Waals surface area (Å²) in [7, 11) is 0. The Kier molecular flexibility index (Phi) is 7.36. The number of morpholine rings is 1. The lowest BCUT2D eigenvalue weighted by atomic mass is 9.93. The van der Waals surface area contributed by atoms with Crippen molar-refractivity contribution in [1.82, 2.24) is 9.58 Å². The predicted molar refractivity (Wildman–Crippen MR) is 148 cm³/mol. The summed E-state index contributed by atoms with van der Waals surface area (Å²) in [6, 6.07) is 14.3. The number of pyridine rings is 1. The molecule has 1 fully saturated rings. The van der Waals surface area contributed by atoms with Crippen LogP contribution < -0.4 is 15.2 Å². The minimum absolute atomic E-state index is 0.0738. The summed E-state index contributed by atoms with van der Waals surface area (Å²) in [6.45, 7) is 3.59. The zero-order valence-corrected chi connectivity index (χ0v) is 22.8. The summed E-state index contributed by atoms with van der Waals surface area (Å²) in [5.41, 5.74) is 2.37. The molecule has 0 aliphatic carbocycles.